The number of benzene rings is 1. The quantitative estimate of drug-likeness (QED) is 0.331. The molecule has 26 heavy (non-hydrogen) atoms. The van der Waals surface area contributed by atoms with Crippen LogP contribution in [0.1, 0.15) is 50.9 Å². The van der Waals surface area contributed by atoms with Crippen LogP contribution in [0.3, 0.4) is 0 Å². The van der Waals surface area contributed by atoms with E-state index in [0.29, 0.717) is 5.92 Å². The maximum absolute atomic E-state index is 12.4. The normalized spacial score (nSPS) is 22.8. The van der Waals surface area contributed by atoms with Gasteiger partial charge in [-0.15, -0.1) is 0 Å². The van der Waals surface area contributed by atoms with E-state index in [0.717, 1.165) is 31.0 Å². The summed E-state index contributed by atoms with van der Waals surface area (Å²) in [6, 6.07) is 2.81. The Morgan fingerprint density at radius 1 is 1.15 bits per heavy atom. The van der Waals surface area contributed by atoms with Crippen LogP contribution in [0.2, 0.25) is 0 Å². The number of nitro benzene ring substituents is 2. The Bertz CT molecular complexity index is 769. The van der Waals surface area contributed by atoms with Crippen molar-refractivity contribution in [3.8, 4) is 0 Å². The smallest absolute Gasteiger partial charge is 0.338 e. The van der Waals surface area contributed by atoms with Gasteiger partial charge in [-0.1, -0.05) is 25.0 Å². The Labute approximate surface area is 151 Å². The third kappa shape index (κ3) is 4.07. The summed E-state index contributed by atoms with van der Waals surface area (Å²) in [4.78, 5) is 32.7. The second-order valence-corrected chi connectivity index (χ2v) is 7.33. The van der Waals surface area contributed by atoms with Crippen LogP contribution in [-0.4, -0.2) is 22.4 Å². The monoisotopic (exact) mass is 362 g/mol. The molecule has 1 aliphatic rings. The first-order valence-corrected chi connectivity index (χ1v) is 8.29. The number of allylic oxidation sites excluding steroid dienone is 2. The van der Waals surface area contributed by atoms with E-state index in [1.807, 2.05) is 6.92 Å². The molecule has 0 amide bonds. The largest absolute Gasteiger partial charge is 0.461 e. The van der Waals surface area contributed by atoms with Gasteiger partial charge in [0.05, 0.1) is 28.1 Å². The molecule has 0 spiro atoms. The van der Waals surface area contributed by atoms with Crippen LogP contribution in [0.5, 0.6) is 0 Å². The number of nitrogens with zero attached hydrogens (tertiary/aromatic N) is 2. The number of carbonyl (C=O) groups excluding carboxylic acids is 1. The summed E-state index contributed by atoms with van der Waals surface area (Å²) in [5.74, 6) is -0.493. The predicted octanol–water partition coefficient (Wildman–Crippen LogP) is 4.43. The molecule has 1 aromatic carbocycles. The summed E-state index contributed by atoms with van der Waals surface area (Å²) < 4.78 is 5.39. The van der Waals surface area contributed by atoms with Crippen molar-refractivity contribution in [1.29, 1.82) is 0 Å². The zero-order chi connectivity index (χ0) is 19.6. The van der Waals surface area contributed by atoms with Gasteiger partial charge in [0.1, 0.15) is 0 Å². The molecule has 0 heterocycles. The second kappa shape index (κ2) is 7.23. The van der Waals surface area contributed by atoms with E-state index in [4.69, 9.17) is 4.74 Å². The molecule has 0 N–H and O–H groups in total. The zero-order valence-electron chi connectivity index (χ0n) is 15.3. The summed E-state index contributed by atoms with van der Waals surface area (Å²) in [6.45, 7) is 8.44. The molecule has 8 heteroatoms. The predicted molar refractivity (Wildman–Crippen MR) is 94.9 cm³/mol. The number of nitro groups is 2. The molecule has 0 bridgehead atoms. The maximum Gasteiger partial charge on any atom is 0.338 e. The average molecular weight is 362 g/mol. The van der Waals surface area contributed by atoms with Crippen LogP contribution in [0, 0.1) is 31.6 Å². The highest BCUT2D eigenvalue weighted by molar-refractivity contribution is 5.91. The molecule has 1 aliphatic carbocycles. The fraction of sp³-hybridized carbons (Fsp3) is 0.500. The second-order valence-electron chi connectivity index (χ2n) is 7.33. The van der Waals surface area contributed by atoms with Gasteiger partial charge in [0, 0.05) is 17.5 Å². The summed E-state index contributed by atoms with van der Waals surface area (Å²) in [7, 11) is 0. The molecule has 0 aliphatic heterocycles. The summed E-state index contributed by atoms with van der Waals surface area (Å²) in [5, 5.41) is 21.9. The number of ether oxygens (including phenoxy) is 1. The summed E-state index contributed by atoms with van der Waals surface area (Å²) >= 11 is 0. The van der Waals surface area contributed by atoms with Crippen LogP contribution in [-0.2, 0) is 4.74 Å². The molecule has 0 fully saturated rings. The summed E-state index contributed by atoms with van der Waals surface area (Å²) in [5.41, 5.74) is 1.14. The van der Waals surface area contributed by atoms with Gasteiger partial charge in [0.25, 0.3) is 11.4 Å². The minimum atomic E-state index is -0.797. The minimum absolute atomic E-state index is 0.147. The van der Waals surface area contributed by atoms with Crippen molar-refractivity contribution in [3.05, 3.63) is 55.1 Å². The number of rotatable bonds is 5. The van der Waals surface area contributed by atoms with Gasteiger partial charge in [0.15, 0.2) is 0 Å². The molecular formula is C18H22N2O6. The van der Waals surface area contributed by atoms with E-state index >= 15 is 0 Å². The van der Waals surface area contributed by atoms with Crippen LogP contribution in [0.25, 0.3) is 0 Å². The molecule has 2 rings (SSSR count). The van der Waals surface area contributed by atoms with Gasteiger partial charge in [-0.3, -0.25) is 20.2 Å². The first-order chi connectivity index (χ1) is 12.0. The van der Waals surface area contributed by atoms with E-state index in [-0.39, 0.29) is 17.6 Å². The van der Waals surface area contributed by atoms with Gasteiger partial charge in [-0.25, -0.2) is 4.79 Å². The molecule has 0 aromatic heterocycles. The third-order valence-corrected chi connectivity index (χ3v) is 5.29. The van der Waals surface area contributed by atoms with E-state index in [1.54, 1.807) is 0 Å². The van der Waals surface area contributed by atoms with Crippen LogP contribution in [0.15, 0.2) is 29.3 Å². The van der Waals surface area contributed by atoms with Crippen molar-refractivity contribution in [2.75, 3.05) is 6.61 Å². The van der Waals surface area contributed by atoms with Crippen molar-refractivity contribution in [2.24, 2.45) is 11.3 Å². The lowest BCUT2D eigenvalue weighted by molar-refractivity contribution is -0.394. The minimum Gasteiger partial charge on any atom is -0.461 e. The number of non-ortho nitro benzene ring substituents is 2. The van der Waals surface area contributed by atoms with Gasteiger partial charge in [0.2, 0.25) is 0 Å². The zero-order valence-corrected chi connectivity index (χ0v) is 15.3. The molecule has 0 saturated heterocycles. The van der Waals surface area contributed by atoms with Crippen LogP contribution < -0.4 is 0 Å². The van der Waals surface area contributed by atoms with Crippen LogP contribution in [0.4, 0.5) is 11.4 Å². The number of hydrogen-bond donors (Lipinski definition) is 0. The van der Waals surface area contributed by atoms with E-state index in [1.165, 1.54) is 11.1 Å². The standard InChI is InChI=1S/C18H22N2O6/c1-11-5-13(3)18(4,9-12(11)2)10-26-17(21)14-6-15(19(22)23)8-16(7-14)20(24)25/h6-8,13H,5,9-10H2,1-4H3/t13-,18-/m1/s1. The Morgan fingerprint density at radius 2 is 1.69 bits per heavy atom. The lowest BCUT2D eigenvalue weighted by Gasteiger charge is -2.40. The summed E-state index contributed by atoms with van der Waals surface area (Å²) in [6.07, 6.45) is 1.71. The van der Waals surface area contributed by atoms with Crippen LogP contribution >= 0.6 is 0 Å². The van der Waals surface area contributed by atoms with Gasteiger partial charge in [-0.2, -0.15) is 0 Å². The van der Waals surface area contributed by atoms with Crippen molar-refractivity contribution in [3.63, 3.8) is 0 Å². The molecule has 0 radical (unpaired) electrons. The number of esters is 1. The van der Waals surface area contributed by atoms with E-state index in [2.05, 4.69) is 20.8 Å². The highest BCUT2D eigenvalue weighted by atomic mass is 16.6. The van der Waals surface area contributed by atoms with Crippen molar-refractivity contribution in [2.45, 2.75) is 40.5 Å². The lowest BCUT2D eigenvalue weighted by Crippen LogP contribution is -2.35. The molecule has 0 saturated carbocycles. The van der Waals surface area contributed by atoms with Crippen molar-refractivity contribution >= 4 is 17.3 Å². The highest BCUT2D eigenvalue weighted by Gasteiger charge is 2.36. The average Bonchev–Trinajstić information content (AvgIpc) is 2.57. The number of carbonyl (C=O) groups is 1. The fourth-order valence-electron chi connectivity index (χ4n) is 3.24. The highest BCUT2D eigenvalue weighted by Crippen LogP contribution is 2.43. The fourth-order valence-corrected chi connectivity index (χ4v) is 3.24. The topological polar surface area (TPSA) is 113 Å². The van der Waals surface area contributed by atoms with E-state index < -0.39 is 27.2 Å². The molecule has 8 nitrogen and oxygen atoms in total. The Hall–Kier alpha value is -2.77. The van der Waals surface area contributed by atoms with Crippen molar-refractivity contribution < 1.29 is 19.4 Å². The molecule has 1 aromatic rings. The van der Waals surface area contributed by atoms with Crippen molar-refractivity contribution in [1.82, 2.24) is 0 Å². The first-order valence-electron chi connectivity index (χ1n) is 8.29. The third-order valence-electron chi connectivity index (χ3n) is 5.29. The first kappa shape index (κ1) is 19.6. The lowest BCUT2D eigenvalue weighted by atomic mass is 9.67. The van der Waals surface area contributed by atoms with E-state index in [9.17, 15) is 25.0 Å². The Kier molecular flexibility index (Phi) is 5.44. The van der Waals surface area contributed by atoms with Gasteiger partial charge in [-0.05, 0) is 32.6 Å². The van der Waals surface area contributed by atoms with Gasteiger partial charge >= 0.3 is 5.97 Å². The number of hydrogen-bond acceptors (Lipinski definition) is 6. The Balaban J connectivity index is 2.20. The van der Waals surface area contributed by atoms with Gasteiger partial charge < -0.3 is 4.74 Å². The molecular weight excluding hydrogens is 340 g/mol. The SMILES string of the molecule is CC1=C(C)C[C@](C)(COC(=O)c2cc([N+](=O)[O-])cc([N+](=O)[O-])c2)[C@H](C)C1. The Morgan fingerprint density at radius 3 is 2.19 bits per heavy atom. The molecule has 140 valence electrons. The molecule has 2 atom stereocenters. The molecule has 0 unspecified atom stereocenters. The maximum atomic E-state index is 12.4.